The van der Waals surface area contributed by atoms with Crippen LogP contribution in [0.4, 0.5) is 5.69 Å². The number of benzene rings is 3. The summed E-state index contributed by atoms with van der Waals surface area (Å²) in [5.74, 6) is 3.09. The zero-order valence-electron chi connectivity index (χ0n) is 35.3. The second-order valence-corrected chi connectivity index (χ2v) is 17.5. The molecule has 2 fully saturated rings. The fraction of sp³-hybridized carbons (Fsp3) is 0.531. The van der Waals surface area contributed by atoms with Crippen molar-refractivity contribution in [2.45, 2.75) is 126 Å². The summed E-state index contributed by atoms with van der Waals surface area (Å²) < 4.78 is 23.1. The number of anilines is 1. The Morgan fingerprint density at radius 3 is 2.34 bits per heavy atom. The molecule has 0 spiro atoms. The predicted molar refractivity (Wildman–Crippen MR) is 238 cm³/mol. The van der Waals surface area contributed by atoms with Crippen molar-refractivity contribution in [3.05, 3.63) is 90.5 Å². The molecule has 1 aliphatic heterocycles. The topological polar surface area (TPSA) is 98.7 Å². The van der Waals surface area contributed by atoms with E-state index in [9.17, 15) is 9.59 Å². The van der Waals surface area contributed by atoms with Crippen LogP contribution in [0.3, 0.4) is 0 Å². The van der Waals surface area contributed by atoms with Crippen LogP contribution in [0.2, 0.25) is 0 Å². The van der Waals surface area contributed by atoms with Crippen LogP contribution in [0.5, 0.6) is 17.2 Å². The second kappa shape index (κ2) is 23.4. The minimum Gasteiger partial charge on any atom is -0.493 e. The number of carbonyl (C=O) groups is 2. The first kappa shape index (κ1) is 44.1. The maximum atomic E-state index is 13.1. The number of esters is 2. The summed E-state index contributed by atoms with van der Waals surface area (Å²) in [7, 11) is 0. The lowest BCUT2D eigenvalue weighted by Gasteiger charge is -2.29. The Morgan fingerprint density at radius 1 is 0.831 bits per heavy atom. The van der Waals surface area contributed by atoms with Crippen molar-refractivity contribution in [2.24, 2.45) is 22.9 Å². The van der Waals surface area contributed by atoms with Crippen molar-refractivity contribution in [3.63, 3.8) is 0 Å². The molecular formula is C49H65N3O6S. The van der Waals surface area contributed by atoms with Crippen LogP contribution in [0.15, 0.2) is 89.4 Å². The molecule has 1 heterocycles. The van der Waals surface area contributed by atoms with Gasteiger partial charge in [0, 0.05) is 29.5 Å². The quantitative estimate of drug-likeness (QED) is 0.0265. The van der Waals surface area contributed by atoms with Gasteiger partial charge in [0.1, 0.15) is 17.2 Å². The average Bonchev–Trinajstić information content (AvgIpc) is 3.71. The van der Waals surface area contributed by atoms with E-state index in [0.29, 0.717) is 43.0 Å². The lowest BCUT2D eigenvalue weighted by Crippen LogP contribution is -2.33. The Balaban J connectivity index is 1.04. The SMILES string of the molecule is C=CC(=O)OCCCOc1ccc(OC(=O)C2CCC(COc3ccc(C4CCC(CCC)CC4)cc3/C=N/N(CCCCCC)C3Nc4ccccc4S3)CC2)cc1. The number of rotatable bonds is 22. The maximum absolute atomic E-state index is 13.1. The Labute approximate surface area is 356 Å². The summed E-state index contributed by atoms with van der Waals surface area (Å²) in [6.07, 6.45) is 19.6. The minimum absolute atomic E-state index is 0.0418. The van der Waals surface area contributed by atoms with Crippen molar-refractivity contribution in [2.75, 3.05) is 31.7 Å². The third-order valence-electron chi connectivity index (χ3n) is 12.0. The highest BCUT2D eigenvalue weighted by Gasteiger charge is 2.29. The number of hydrogen-bond acceptors (Lipinski definition) is 10. The lowest BCUT2D eigenvalue weighted by atomic mass is 9.77. The van der Waals surface area contributed by atoms with E-state index in [1.165, 1.54) is 73.9 Å². The van der Waals surface area contributed by atoms with Gasteiger partial charge in [-0.2, -0.15) is 5.10 Å². The number of ether oxygens (including phenoxy) is 4. The standard InChI is InChI=1S/C49H65N3O6S/c1-4-7-8-11-30-52(49-51-44-14-9-10-15-46(44)59-49)50-34-41-33-40(38-20-16-36(13-5-2)17-21-38)24-29-45(41)57-35-37-18-22-39(23-19-37)48(54)58-43-27-25-42(26-28-43)55-31-12-32-56-47(53)6-3/h6,9-10,14-15,24-29,33-34,36-39,49,51H,3-5,7-8,11-13,16-23,30-32,35H2,1-2H3/b50-34+. The number of fused-ring (bicyclic) bond motifs is 1. The van der Waals surface area contributed by atoms with E-state index in [2.05, 4.69) is 73.2 Å². The van der Waals surface area contributed by atoms with Crippen LogP contribution >= 0.6 is 11.8 Å². The summed E-state index contributed by atoms with van der Waals surface area (Å²) in [4.78, 5) is 25.6. The molecule has 2 saturated carbocycles. The van der Waals surface area contributed by atoms with Gasteiger partial charge >= 0.3 is 11.9 Å². The number of para-hydroxylation sites is 1. The summed E-state index contributed by atoms with van der Waals surface area (Å²) in [5.41, 5.74) is 3.65. The van der Waals surface area contributed by atoms with E-state index in [1.54, 1.807) is 24.3 Å². The molecule has 3 aliphatic rings. The fourth-order valence-electron chi connectivity index (χ4n) is 8.48. The molecule has 59 heavy (non-hydrogen) atoms. The zero-order chi connectivity index (χ0) is 41.2. The Kier molecular flexibility index (Phi) is 17.5. The van der Waals surface area contributed by atoms with E-state index < -0.39 is 5.97 Å². The molecule has 1 atom stereocenters. The lowest BCUT2D eigenvalue weighted by molar-refractivity contribution is -0.140. The van der Waals surface area contributed by atoms with Crippen molar-refractivity contribution in [1.82, 2.24) is 5.01 Å². The van der Waals surface area contributed by atoms with Gasteiger partial charge in [0.25, 0.3) is 0 Å². The molecule has 1 unspecified atom stereocenters. The van der Waals surface area contributed by atoms with E-state index in [1.807, 2.05) is 18.0 Å². The summed E-state index contributed by atoms with van der Waals surface area (Å²) >= 11 is 1.83. The molecule has 10 heteroatoms. The predicted octanol–water partition coefficient (Wildman–Crippen LogP) is 11.8. The van der Waals surface area contributed by atoms with Crippen molar-refractivity contribution >= 4 is 35.6 Å². The van der Waals surface area contributed by atoms with E-state index in [4.69, 9.17) is 24.0 Å². The number of hydrogen-bond donors (Lipinski definition) is 1. The number of nitrogens with zero attached hydrogens (tertiary/aromatic N) is 2. The first-order valence-corrected chi connectivity index (χ1v) is 23.1. The van der Waals surface area contributed by atoms with E-state index in [0.717, 1.165) is 62.0 Å². The normalized spacial score (nSPS) is 21.3. The molecule has 0 aromatic heterocycles. The van der Waals surface area contributed by atoms with E-state index in [-0.39, 0.29) is 24.0 Å². The molecule has 318 valence electrons. The van der Waals surface area contributed by atoms with Gasteiger partial charge in [-0.15, -0.1) is 0 Å². The highest BCUT2D eigenvalue weighted by atomic mass is 32.2. The van der Waals surface area contributed by atoms with Crippen LogP contribution < -0.4 is 19.5 Å². The van der Waals surface area contributed by atoms with Gasteiger partial charge < -0.3 is 24.3 Å². The first-order valence-electron chi connectivity index (χ1n) is 22.3. The third-order valence-corrected chi connectivity index (χ3v) is 13.2. The van der Waals surface area contributed by atoms with Crippen LogP contribution in [-0.4, -0.2) is 55.0 Å². The number of carbonyl (C=O) groups excluding carboxylic acids is 2. The Hall–Kier alpha value is -4.44. The fourth-order valence-corrected chi connectivity index (χ4v) is 9.60. The van der Waals surface area contributed by atoms with Gasteiger partial charge in [0.15, 0.2) is 5.50 Å². The molecule has 0 radical (unpaired) electrons. The van der Waals surface area contributed by atoms with Gasteiger partial charge in [0.2, 0.25) is 0 Å². The highest BCUT2D eigenvalue weighted by Crippen LogP contribution is 2.41. The van der Waals surface area contributed by atoms with Crippen molar-refractivity contribution < 1.29 is 28.5 Å². The summed E-state index contributed by atoms with van der Waals surface area (Å²) in [5, 5.41) is 11.1. The van der Waals surface area contributed by atoms with Crippen LogP contribution in [0, 0.1) is 17.8 Å². The molecule has 6 rings (SSSR count). The Bertz CT molecular complexity index is 1780. The molecule has 1 N–H and O–H groups in total. The second-order valence-electron chi connectivity index (χ2n) is 16.4. The Morgan fingerprint density at radius 2 is 1.59 bits per heavy atom. The molecule has 0 amide bonds. The summed E-state index contributed by atoms with van der Waals surface area (Å²) in [6.45, 7) is 10.1. The largest absolute Gasteiger partial charge is 0.493 e. The monoisotopic (exact) mass is 823 g/mol. The molecule has 2 aliphatic carbocycles. The molecule has 9 nitrogen and oxygen atoms in total. The van der Waals surface area contributed by atoms with E-state index >= 15 is 0 Å². The van der Waals surface area contributed by atoms with Gasteiger partial charge in [-0.05, 0) is 130 Å². The molecule has 3 aromatic rings. The maximum Gasteiger partial charge on any atom is 0.330 e. The molecule has 0 saturated heterocycles. The first-order chi connectivity index (χ1) is 28.9. The van der Waals surface area contributed by atoms with Gasteiger partial charge in [0.05, 0.1) is 37.6 Å². The highest BCUT2D eigenvalue weighted by molar-refractivity contribution is 8.00. The number of thioether (sulfide) groups is 1. The van der Waals surface area contributed by atoms with Crippen LogP contribution in [0.25, 0.3) is 0 Å². The van der Waals surface area contributed by atoms with Gasteiger partial charge in [-0.25, -0.2) is 4.79 Å². The zero-order valence-corrected chi connectivity index (χ0v) is 36.1. The van der Waals surface area contributed by atoms with Crippen molar-refractivity contribution in [3.8, 4) is 17.2 Å². The number of hydrazone groups is 1. The number of nitrogens with one attached hydrogen (secondary N) is 1. The summed E-state index contributed by atoms with van der Waals surface area (Å²) in [6, 6.07) is 22.4. The van der Waals surface area contributed by atoms with Crippen LogP contribution in [-0.2, 0) is 14.3 Å². The van der Waals surface area contributed by atoms with Gasteiger partial charge in [-0.1, -0.05) is 82.5 Å². The van der Waals surface area contributed by atoms with Crippen LogP contribution in [0.1, 0.15) is 127 Å². The van der Waals surface area contributed by atoms with Crippen molar-refractivity contribution in [1.29, 1.82) is 0 Å². The molecular weight excluding hydrogens is 759 g/mol. The number of unbranched alkanes of at least 4 members (excludes halogenated alkanes) is 3. The van der Waals surface area contributed by atoms with Gasteiger partial charge in [-0.3, -0.25) is 9.80 Å². The third kappa shape index (κ3) is 13.5. The molecule has 3 aromatic carbocycles. The molecule has 0 bridgehead atoms. The average molecular weight is 824 g/mol. The minimum atomic E-state index is -0.442. The smallest absolute Gasteiger partial charge is 0.330 e.